The quantitative estimate of drug-likeness (QED) is 0.850. The summed E-state index contributed by atoms with van der Waals surface area (Å²) in [4.78, 5) is 11.9. The van der Waals surface area contributed by atoms with E-state index < -0.39 is 19.0 Å². The van der Waals surface area contributed by atoms with Crippen LogP contribution in [0.15, 0.2) is 23.0 Å². The molecule has 2 aromatic heterocycles. The van der Waals surface area contributed by atoms with Gasteiger partial charge in [-0.3, -0.25) is 14.8 Å². The predicted molar refractivity (Wildman–Crippen MR) is 71.2 cm³/mol. The molecule has 0 saturated heterocycles. The third-order valence-corrected chi connectivity index (χ3v) is 2.61. The average molecular weight is 299 g/mol. The molecular weight excluding hydrogens is 284 g/mol. The zero-order chi connectivity index (χ0) is 15.4. The number of amides is 1. The summed E-state index contributed by atoms with van der Waals surface area (Å²) >= 11 is 0. The van der Waals surface area contributed by atoms with Gasteiger partial charge < -0.3 is 9.84 Å². The molecule has 114 valence electrons. The van der Waals surface area contributed by atoms with E-state index in [4.69, 9.17) is 4.52 Å². The first-order valence-corrected chi connectivity index (χ1v) is 6.25. The fraction of sp³-hybridized carbons (Fsp3) is 0.417. The number of carbonyl (C=O) groups excluding carboxylic acids is 1. The van der Waals surface area contributed by atoms with E-state index in [1.807, 2.05) is 0 Å². The monoisotopic (exact) mass is 299 g/mol. The molecule has 0 aliphatic carbocycles. The van der Waals surface area contributed by atoms with Gasteiger partial charge in [0.25, 0.3) is 6.43 Å². The minimum absolute atomic E-state index is 0.250. The number of carbonyl (C=O) groups is 1. The van der Waals surface area contributed by atoms with Crippen molar-refractivity contribution in [1.29, 1.82) is 0 Å². The molecular formula is C12H15F2N5O2. The van der Waals surface area contributed by atoms with Crippen LogP contribution in [0.3, 0.4) is 0 Å². The molecule has 0 aliphatic rings. The largest absolute Gasteiger partial charge is 0.371 e. The number of aryl methyl sites for hydroxylation is 1. The molecule has 2 heterocycles. The standard InChI is InChI=1S/C12H15F2N5O2/c1-7-3-11(21-18-7)17-12(20)8(2)16-9-4-15-19(5-9)6-10(13)14/h3-5,8,10,16H,6H2,1-2H3,(H,17,20)/t8-/m0/s1. The minimum atomic E-state index is -2.48. The lowest BCUT2D eigenvalue weighted by molar-refractivity contribution is -0.116. The lowest BCUT2D eigenvalue weighted by Crippen LogP contribution is -2.31. The Morgan fingerprint density at radius 1 is 1.52 bits per heavy atom. The van der Waals surface area contributed by atoms with Crippen molar-refractivity contribution in [3.63, 3.8) is 0 Å². The van der Waals surface area contributed by atoms with Crippen molar-refractivity contribution < 1.29 is 18.1 Å². The van der Waals surface area contributed by atoms with Crippen molar-refractivity contribution in [2.75, 3.05) is 10.6 Å². The minimum Gasteiger partial charge on any atom is -0.371 e. The maximum atomic E-state index is 12.2. The first-order valence-electron chi connectivity index (χ1n) is 6.25. The molecule has 0 bridgehead atoms. The number of hydrogen-bond donors (Lipinski definition) is 2. The molecule has 1 atom stereocenters. The second-order valence-electron chi connectivity index (χ2n) is 4.53. The Bertz CT molecular complexity index is 610. The van der Waals surface area contributed by atoms with E-state index in [-0.39, 0.29) is 11.8 Å². The number of hydrogen-bond acceptors (Lipinski definition) is 5. The molecule has 0 saturated carbocycles. The highest BCUT2D eigenvalue weighted by atomic mass is 19.3. The SMILES string of the molecule is Cc1cc(NC(=O)[C@H](C)Nc2cnn(CC(F)F)c2)on1. The Balaban J connectivity index is 1.89. The molecule has 7 nitrogen and oxygen atoms in total. The summed E-state index contributed by atoms with van der Waals surface area (Å²) in [6.07, 6.45) is 0.312. The maximum absolute atomic E-state index is 12.2. The highest BCUT2D eigenvalue weighted by Crippen LogP contribution is 2.11. The molecule has 0 radical (unpaired) electrons. The molecule has 2 rings (SSSR count). The van der Waals surface area contributed by atoms with Crippen molar-refractivity contribution in [2.45, 2.75) is 32.9 Å². The summed E-state index contributed by atoms with van der Waals surface area (Å²) < 4.78 is 30.4. The fourth-order valence-electron chi connectivity index (χ4n) is 1.65. The van der Waals surface area contributed by atoms with Gasteiger partial charge in [-0.2, -0.15) is 5.10 Å². The molecule has 2 aromatic rings. The summed E-state index contributed by atoms with van der Waals surface area (Å²) in [5, 5.41) is 12.8. The molecule has 2 N–H and O–H groups in total. The van der Waals surface area contributed by atoms with Crippen molar-refractivity contribution in [2.24, 2.45) is 0 Å². The van der Waals surface area contributed by atoms with Gasteiger partial charge in [0.1, 0.15) is 12.6 Å². The van der Waals surface area contributed by atoms with Crippen LogP contribution in [0.2, 0.25) is 0 Å². The number of nitrogens with one attached hydrogen (secondary N) is 2. The summed E-state index contributed by atoms with van der Waals surface area (Å²) in [6.45, 7) is 2.88. The normalized spacial score (nSPS) is 12.4. The molecule has 0 unspecified atom stereocenters. The van der Waals surface area contributed by atoms with E-state index in [9.17, 15) is 13.6 Å². The van der Waals surface area contributed by atoms with Gasteiger partial charge in [-0.25, -0.2) is 8.78 Å². The third kappa shape index (κ3) is 4.26. The Kier molecular flexibility index (Phi) is 4.51. The second-order valence-corrected chi connectivity index (χ2v) is 4.53. The highest BCUT2D eigenvalue weighted by molar-refractivity contribution is 5.95. The third-order valence-electron chi connectivity index (χ3n) is 2.61. The van der Waals surface area contributed by atoms with Crippen LogP contribution < -0.4 is 10.6 Å². The summed E-state index contributed by atoms with van der Waals surface area (Å²) in [7, 11) is 0. The number of anilines is 2. The Morgan fingerprint density at radius 2 is 2.29 bits per heavy atom. The van der Waals surface area contributed by atoms with E-state index >= 15 is 0 Å². The van der Waals surface area contributed by atoms with E-state index in [0.29, 0.717) is 11.4 Å². The van der Waals surface area contributed by atoms with E-state index in [0.717, 1.165) is 4.68 Å². The number of nitrogens with zero attached hydrogens (tertiary/aromatic N) is 3. The van der Waals surface area contributed by atoms with Crippen LogP contribution in [0.25, 0.3) is 0 Å². The number of aromatic nitrogens is 3. The molecule has 0 aliphatic heterocycles. The molecule has 21 heavy (non-hydrogen) atoms. The Labute approximate surface area is 119 Å². The van der Waals surface area contributed by atoms with Gasteiger partial charge in [0.2, 0.25) is 11.8 Å². The van der Waals surface area contributed by atoms with Crippen LogP contribution in [-0.2, 0) is 11.3 Å². The maximum Gasteiger partial charge on any atom is 0.257 e. The van der Waals surface area contributed by atoms with Crippen molar-refractivity contribution in [1.82, 2.24) is 14.9 Å². The van der Waals surface area contributed by atoms with Crippen molar-refractivity contribution >= 4 is 17.5 Å². The van der Waals surface area contributed by atoms with Crippen LogP contribution in [-0.4, -0.2) is 33.3 Å². The predicted octanol–water partition coefficient (Wildman–Crippen LogP) is 1.88. The summed E-state index contributed by atoms with van der Waals surface area (Å²) in [6, 6.07) is 0.991. The topological polar surface area (TPSA) is 85.0 Å². The first-order chi connectivity index (χ1) is 9.94. The van der Waals surface area contributed by atoms with Crippen molar-refractivity contribution in [3.8, 4) is 0 Å². The lowest BCUT2D eigenvalue weighted by Gasteiger charge is -2.12. The van der Waals surface area contributed by atoms with Crippen LogP contribution >= 0.6 is 0 Å². The highest BCUT2D eigenvalue weighted by Gasteiger charge is 2.16. The van der Waals surface area contributed by atoms with Gasteiger partial charge in [0.05, 0.1) is 17.6 Å². The Morgan fingerprint density at radius 3 is 2.90 bits per heavy atom. The number of alkyl halides is 2. The first kappa shape index (κ1) is 14.9. The van der Waals surface area contributed by atoms with E-state index in [1.54, 1.807) is 19.9 Å². The zero-order valence-electron chi connectivity index (χ0n) is 11.5. The van der Waals surface area contributed by atoms with Gasteiger partial charge in [0.15, 0.2) is 0 Å². The van der Waals surface area contributed by atoms with E-state index in [1.165, 1.54) is 12.4 Å². The number of halogens is 2. The summed E-state index contributed by atoms with van der Waals surface area (Å²) in [5.41, 5.74) is 1.13. The molecule has 0 spiro atoms. The van der Waals surface area contributed by atoms with Crippen LogP contribution in [0, 0.1) is 6.92 Å². The van der Waals surface area contributed by atoms with Crippen LogP contribution in [0.4, 0.5) is 20.4 Å². The number of rotatable bonds is 6. The lowest BCUT2D eigenvalue weighted by atomic mass is 10.3. The van der Waals surface area contributed by atoms with Gasteiger partial charge >= 0.3 is 0 Å². The van der Waals surface area contributed by atoms with Gasteiger partial charge in [-0.15, -0.1) is 0 Å². The van der Waals surface area contributed by atoms with Crippen LogP contribution in [0.1, 0.15) is 12.6 Å². The second kappa shape index (κ2) is 6.33. The molecule has 0 aromatic carbocycles. The average Bonchev–Trinajstić information content (AvgIpc) is 2.98. The van der Waals surface area contributed by atoms with Gasteiger partial charge in [0, 0.05) is 12.3 Å². The molecule has 9 heteroatoms. The summed E-state index contributed by atoms with van der Waals surface area (Å²) in [5.74, 6) is -0.0905. The zero-order valence-corrected chi connectivity index (χ0v) is 11.5. The van der Waals surface area contributed by atoms with E-state index in [2.05, 4.69) is 20.9 Å². The smallest absolute Gasteiger partial charge is 0.257 e. The van der Waals surface area contributed by atoms with Gasteiger partial charge in [-0.05, 0) is 13.8 Å². The Hall–Kier alpha value is -2.45. The van der Waals surface area contributed by atoms with Gasteiger partial charge in [-0.1, -0.05) is 5.16 Å². The molecule has 1 amide bonds. The van der Waals surface area contributed by atoms with Crippen LogP contribution in [0.5, 0.6) is 0 Å². The van der Waals surface area contributed by atoms with Crippen molar-refractivity contribution in [3.05, 3.63) is 24.2 Å². The molecule has 0 fully saturated rings. The fourth-order valence-corrected chi connectivity index (χ4v) is 1.65.